The number of carbonyl (C=O) groups excluding carboxylic acids is 1. The lowest BCUT2D eigenvalue weighted by Gasteiger charge is -2.08. The van der Waals surface area contributed by atoms with Gasteiger partial charge in [-0.25, -0.2) is 9.67 Å². The van der Waals surface area contributed by atoms with Gasteiger partial charge < -0.3 is 5.32 Å². The maximum atomic E-state index is 12.8. The van der Waals surface area contributed by atoms with Gasteiger partial charge in [-0.3, -0.25) is 4.79 Å². The fraction of sp³-hybridized carbons (Fsp3) is 0.0455. The Balaban J connectivity index is 1.78. The second-order valence-corrected chi connectivity index (χ2v) is 7.78. The van der Waals surface area contributed by atoms with Crippen LogP contribution in [0, 0.1) is 6.92 Å². The smallest absolute Gasteiger partial charge is 0.295 e. The minimum Gasteiger partial charge on any atom is -0.319 e. The van der Waals surface area contributed by atoms with Crippen LogP contribution in [0.1, 0.15) is 16.2 Å². The van der Waals surface area contributed by atoms with E-state index in [1.54, 1.807) is 28.9 Å². The van der Waals surface area contributed by atoms with E-state index in [9.17, 15) is 4.79 Å². The Bertz CT molecular complexity index is 1190. The molecule has 0 unspecified atom stereocenters. The molecule has 7 heteroatoms. The maximum absolute atomic E-state index is 12.8. The number of anilines is 1. The van der Waals surface area contributed by atoms with Gasteiger partial charge >= 0.3 is 0 Å². The molecule has 1 amide bonds. The highest BCUT2D eigenvalue weighted by atomic mass is 79.9. The van der Waals surface area contributed by atoms with Crippen LogP contribution >= 0.6 is 27.5 Å². The third-order valence-electron chi connectivity index (χ3n) is 4.34. The van der Waals surface area contributed by atoms with Crippen molar-refractivity contribution in [2.45, 2.75) is 6.92 Å². The molecule has 5 nitrogen and oxygen atoms in total. The predicted octanol–water partition coefficient (Wildman–Crippen LogP) is 5.91. The molecule has 0 aliphatic carbocycles. The Morgan fingerprint density at radius 1 is 1.03 bits per heavy atom. The summed E-state index contributed by atoms with van der Waals surface area (Å²) < 4.78 is 2.66. The lowest BCUT2D eigenvalue weighted by molar-refractivity contribution is 0.101. The van der Waals surface area contributed by atoms with E-state index in [0.717, 1.165) is 21.3 Å². The lowest BCUT2D eigenvalue weighted by atomic mass is 10.2. The maximum Gasteiger partial charge on any atom is 0.295 e. The van der Waals surface area contributed by atoms with Crippen LogP contribution in [0.2, 0.25) is 5.02 Å². The van der Waals surface area contributed by atoms with Crippen molar-refractivity contribution in [3.8, 4) is 17.1 Å². The number of hydrogen-bond donors (Lipinski definition) is 1. The zero-order valence-electron chi connectivity index (χ0n) is 15.4. The zero-order valence-corrected chi connectivity index (χ0v) is 17.8. The van der Waals surface area contributed by atoms with Crippen LogP contribution < -0.4 is 5.32 Å². The van der Waals surface area contributed by atoms with Crippen molar-refractivity contribution in [2.24, 2.45) is 0 Å². The van der Waals surface area contributed by atoms with Gasteiger partial charge in [-0.1, -0.05) is 63.9 Å². The van der Waals surface area contributed by atoms with Crippen molar-refractivity contribution >= 4 is 39.1 Å². The number of rotatable bonds is 4. The number of amides is 1. The van der Waals surface area contributed by atoms with E-state index < -0.39 is 5.91 Å². The first kappa shape index (κ1) is 19.4. The summed E-state index contributed by atoms with van der Waals surface area (Å²) in [6.45, 7) is 1.99. The molecule has 1 aromatic heterocycles. The van der Waals surface area contributed by atoms with Crippen molar-refractivity contribution in [2.75, 3.05) is 5.32 Å². The first-order chi connectivity index (χ1) is 14.0. The van der Waals surface area contributed by atoms with Gasteiger partial charge in [-0.2, -0.15) is 0 Å². The van der Waals surface area contributed by atoms with Gasteiger partial charge in [0.1, 0.15) is 0 Å². The number of para-hydroxylation sites is 1. The number of aryl methyl sites for hydroxylation is 1. The summed E-state index contributed by atoms with van der Waals surface area (Å²) in [5.41, 5.74) is 3.32. The van der Waals surface area contributed by atoms with E-state index in [1.807, 2.05) is 55.5 Å². The van der Waals surface area contributed by atoms with Crippen LogP contribution in [-0.4, -0.2) is 20.7 Å². The second-order valence-electron chi connectivity index (χ2n) is 6.43. The van der Waals surface area contributed by atoms with Gasteiger partial charge in [0.05, 0.1) is 5.69 Å². The minimum atomic E-state index is -0.405. The van der Waals surface area contributed by atoms with Gasteiger partial charge in [-0.05, 0) is 48.9 Å². The van der Waals surface area contributed by atoms with Crippen molar-refractivity contribution in [3.63, 3.8) is 0 Å². The van der Waals surface area contributed by atoms with Crippen LogP contribution in [0.3, 0.4) is 0 Å². The Morgan fingerprint density at radius 2 is 1.79 bits per heavy atom. The van der Waals surface area contributed by atoms with Gasteiger partial charge in [0.25, 0.3) is 5.91 Å². The van der Waals surface area contributed by atoms with E-state index >= 15 is 0 Å². The van der Waals surface area contributed by atoms with E-state index in [0.29, 0.717) is 16.5 Å². The number of benzene rings is 3. The van der Waals surface area contributed by atoms with E-state index in [-0.39, 0.29) is 5.82 Å². The first-order valence-electron chi connectivity index (χ1n) is 8.87. The predicted molar refractivity (Wildman–Crippen MR) is 119 cm³/mol. The van der Waals surface area contributed by atoms with Crippen LogP contribution in [-0.2, 0) is 0 Å². The number of nitrogens with zero attached hydrogens (tertiary/aromatic N) is 3. The van der Waals surface area contributed by atoms with E-state index in [4.69, 9.17) is 11.6 Å². The summed E-state index contributed by atoms with van der Waals surface area (Å²) in [5, 5.41) is 7.84. The lowest BCUT2D eigenvalue weighted by Crippen LogP contribution is -2.14. The molecule has 0 radical (unpaired) electrons. The average molecular weight is 468 g/mol. The SMILES string of the molecule is Cc1ccccc1-n1nc(C(=O)Nc2cccc(Cl)c2)nc1-c1ccc(Br)cc1. The van der Waals surface area contributed by atoms with E-state index in [1.165, 1.54) is 0 Å². The molecule has 0 saturated carbocycles. The standard InChI is InChI=1S/C22H16BrClN4O/c1-14-5-2-3-8-19(14)28-21(15-9-11-16(23)12-10-15)26-20(27-28)22(29)25-18-7-4-6-17(24)13-18/h2-13H,1H3,(H,25,29). The molecular formula is C22H16BrClN4O. The Hall–Kier alpha value is -2.96. The number of halogens is 2. The number of nitrogens with one attached hydrogen (secondary N) is 1. The number of hydrogen-bond acceptors (Lipinski definition) is 3. The molecule has 1 N–H and O–H groups in total. The molecule has 0 fully saturated rings. The molecular weight excluding hydrogens is 452 g/mol. The van der Waals surface area contributed by atoms with Crippen molar-refractivity contribution in [1.29, 1.82) is 0 Å². The quantitative estimate of drug-likeness (QED) is 0.406. The summed E-state index contributed by atoms with van der Waals surface area (Å²) in [7, 11) is 0. The molecule has 0 aliphatic rings. The highest BCUT2D eigenvalue weighted by Crippen LogP contribution is 2.25. The largest absolute Gasteiger partial charge is 0.319 e. The molecule has 0 spiro atoms. The molecule has 144 valence electrons. The number of carbonyl (C=O) groups is 1. The summed E-state index contributed by atoms with van der Waals surface area (Å²) in [5.74, 6) is 0.257. The fourth-order valence-electron chi connectivity index (χ4n) is 2.92. The molecule has 1 heterocycles. The van der Waals surface area contributed by atoms with Crippen molar-refractivity contribution in [3.05, 3.63) is 93.7 Å². The molecule has 0 aliphatic heterocycles. The average Bonchev–Trinajstić information content (AvgIpc) is 3.14. The summed E-state index contributed by atoms with van der Waals surface area (Å²) in [6.07, 6.45) is 0. The molecule has 29 heavy (non-hydrogen) atoms. The Morgan fingerprint density at radius 3 is 2.52 bits per heavy atom. The Labute approximate surface area is 181 Å². The van der Waals surface area contributed by atoms with Gasteiger partial charge in [0.15, 0.2) is 5.82 Å². The second kappa shape index (κ2) is 8.19. The normalized spacial score (nSPS) is 10.7. The van der Waals surface area contributed by atoms with E-state index in [2.05, 4.69) is 31.3 Å². The minimum absolute atomic E-state index is 0.0751. The van der Waals surface area contributed by atoms with Gasteiger partial charge in [0, 0.05) is 20.7 Å². The summed E-state index contributed by atoms with van der Waals surface area (Å²) in [4.78, 5) is 17.3. The highest BCUT2D eigenvalue weighted by molar-refractivity contribution is 9.10. The summed E-state index contributed by atoms with van der Waals surface area (Å²) >= 11 is 9.45. The van der Waals surface area contributed by atoms with Crippen LogP contribution in [0.4, 0.5) is 5.69 Å². The van der Waals surface area contributed by atoms with Gasteiger partial charge in [-0.15, -0.1) is 5.10 Å². The number of aromatic nitrogens is 3. The monoisotopic (exact) mass is 466 g/mol. The molecule has 3 aromatic carbocycles. The molecule has 0 atom stereocenters. The van der Waals surface area contributed by atoms with Crippen molar-refractivity contribution < 1.29 is 4.79 Å². The third-order valence-corrected chi connectivity index (χ3v) is 5.10. The van der Waals surface area contributed by atoms with Gasteiger partial charge in [0.2, 0.25) is 5.82 Å². The first-order valence-corrected chi connectivity index (χ1v) is 10.0. The highest BCUT2D eigenvalue weighted by Gasteiger charge is 2.20. The fourth-order valence-corrected chi connectivity index (χ4v) is 3.37. The molecule has 4 aromatic rings. The Kier molecular flexibility index (Phi) is 5.47. The van der Waals surface area contributed by atoms with Crippen LogP contribution in [0.5, 0.6) is 0 Å². The summed E-state index contributed by atoms with van der Waals surface area (Å²) in [6, 6.07) is 22.5. The molecule has 0 bridgehead atoms. The topological polar surface area (TPSA) is 59.8 Å². The van der Waals surface area contributed by atoms with Crippen LogP contribution in [0.15, 0.2) is 77.3 Å². The van der Waals surface area contributed by atoms with Crippen LogP contribution in [0.25, 0.3) is 17.1 Å². The molecule has 4 rings (SSSR count). The third kappa shape index (κ3) is 4.23. The van der Waals surface area contributed by atoms with Crippen molar-refractivity contribution in [1.82, 2.24) is 14.8 Å². The zero-order chi connectivity index (χ0) is 20.4. The molecule has 0 saturated heterocycles.